The van der Waals surface area contributed by atoms with Crippen molar-refractivity contribution in [2.45, 2.75) is 97.0 Å². The predicted octanol–water partition coefficient (Wildman–Crippen LogP) is 3.22. The first-order valence-electron chi connectivity index (χ1n) is 11.8. The van der Waals surface area contributed by atoms with Gasteiger partial charge in [-0.1, -0.05) is 37.6 Å². The number of carbonyl (C=O) groups is 3. The van der Waals surface area contributed by atoms with Gasteiger partial charge in [0.2, 0.25) is 11.8 Å². The number of aryl methyl sites for hydroxylation is 1. The van der Waals surface area contributed by atoms with Gasteiger partial charge in [0.1, 0.15) is 17.7 Å². The Kier molecular flexibility index (Phi) is 9.28. The van der Waals surface area contributed by atoms with Crippen LogP contribution in [0.3, 0.4) is 0 Å². The zero-order chi connectivity index (χ0) is 24.8. The van der Waals surface area contributed by atoms with Gasteiger partial charge in [0.15, 0.2) is 0 Å². The van der Waals surface area contributed by atoms with Gasteiger partial charge in [-0.15, -0.1) is 0 Å². The van der Waals surface area contributed by atoms with Crippen molar-refractivity contribution < 1.29 is 24.2 Å². The molecule has 0 radical (unpaired) electrons. The van der Waals surface area contributed by atoms with Crippen molar-refractivity contribution in [3.8, 4) is 0 Å². The van der Waals surface area contributed by atoms with E-state index >= 15 is 0 Å². The molecule has 33 heavy (non-hydrogen) atoms. The molecule has 8 heteroatoms. The van der Waals surface area contributed by atoms with E-state index in [0.717, 1.165) is 36.8 Å². The van der Waals surface area contributed by atoms with Crippen LogP contribution in [0.1, 0.15) is 77.5 Å². The van der Waals surface area contributed by atoms with Crippen LogP contribution in [0, 0.1) is 6.92 Å². The molecule has 0 aromatic heterocycles. The molecule has 2 rings (SSSR count). The van der Waals surface area contributed by atoms with Gasteiger partial charge in [0.05, 0.1) is 6.61 Å². The summed E-state index contributed by atoms with van der Waals surface area (Å²) in [5.74, 6) is -0.767. The highest BCUT2D eigenvalue weighted by Crippen LogP contribution is 2.36. The molecule has 1 saturated carbocycles. The molecular formula is C25H39N3O5. The molecule has 1 aliphatic rings. The van der Waals surface area contributed by atoms with Gasteiger partial charge in [0, 0.05) is 12.1 Å². The third-order valence-electron chi connectivity index (χ3n) is 5.49. The quantitative estimate of drug-likeness (QED) is 0.496. The summed E-state index contributed by atoms with van der Waals surface area (Å²) in [6.45, 7) is 10.5. The molecule has 3 N–H and O–H groups in total. The van der Waals surface area contributed by atoms with Crippen LogP contribution in [0.5, 0.6) is 0 Å². The zero-order valence-corrected chi connectivity index (χ0v) is 20.7. The maximum atomic E-state index is 13.6. The van der Waals surface area contributed by atoms with Crippen molar-refractivity contribution in [1.82, 2.24) is 15.5 Å². The normalized spacial score (nSPS) is 16.3. The lowest BCUT2D eigenvalue weighted by Gasteiger charge is -2.35. The molecule has 184 valence electrons. The average molecular weight is 462 g/mol. The Morgan fingerprint density at radius 1 is 1.18 bits per heavy atom. The Labute approximate surface area is 197 Å². The third kappa shape index (κ3) is 7.74. The molecular weight excluding hydrogens is 422 g/mol. The fraction of sp³-hybridized carbons (Fsp3) is 0.640. The number of nitrogens with one attached hydrogen (secondary N) is 2. The summed E-state index contributed by atoms with van der Waals surface area (Å²) >= 11 is 0. The second-order valence-corrected chi connectivity index (χ2v) is 9.82. The summed E-state index contributed by atoms with van der Waals surface area (Å²) in [6.07, 6.45) is 2.48. The number of nitrogens with zero attached hydrogens (tertiary/aromatic N) is 1. The minimum absolute atomic E-state index is 0.0429. The number of alkyl carbamates (subject to hydrolysis) is 1. The number of rotatable bonds is 10. The Hall–Kier alpha value is -2.61. The van der Waals surface area contributed by atoms with Crippen molar-refractivity contribution in [1.29, 1.82) is 0 Å². The van der Waals surface area contributed by atoms with Gasteiger partial charge >= 0.3 is 6.09 Å². The number of ether oxygens (including phenoxy) is 1. The number of carbonyl (C=O) groups excluding carboxylic acids is 3. The summed E-state index contributed by atoms with van der Waals surface area (Å²) in [5.41, 5.74) is 0.871. The molecule has 0 aliphatic heterocycles. The number of hydrogen-bond acceptors (Lipinski definition) is 5. The van der Waals surface area contributed by atoms with E-state index in [2.05, 4.69) is 17.6 Å². The van der Waals surface area contributed by atoms with E-state index in [1.54, 1.807) is 20.8 Å². The summed E-state index contributed by atoms with van der Waals surface area (Å²) in [6, 6.07) is 5.23. The van der Waals surface area contributed by atoms with Gasteiger partial charge in [0.25, 0.3) is 0 Å². The number of benzene rings is 1. The minimum Gasteiger partial charge on any atom is -0.444 e. The van der Waals surface area contributed by atoms with Crippen LogP contribution in [0.4, 0.5) is 4.79 Å². The van der Waals surface area contributed by atoms with E-state index in [9.17, 15) is 19.5 Å². The monoisotopic (exact) mass is 461 g/mol. The Balaban J connectivity index is 2.38. The van der Waals surface area contributed by atoms with Crippen LogP contribution in [-0.2, 0) is 14.3 Å². The molecule has 1 aliphatic carbocycles. The Bertz CT molecular complexity index is 832. The maximum Gasteiger partial charge on any atom is 0.408 e. The van der Waals surface area contributed by atoms with Crippen LogP contribution in [-0.4, -0.2) is 58.2 Å². The molecule has 3 unspecified atom stereocenters. The number of aliphatic hydroxyl groups excluding tert-OH is 1. The lowest BCUT2D eigenvalue weighted by molar-refractivity contribution is -0.144. The number of amides is 3. The molecule has 1 aromatic carbocycles. The van der Waals surface area contributed by atoms with Crippen molar-refractivity contribution in [2.24, 2.45) is 0 Å². The summed E-state index contributed by atoms with van der Waals surface area (Å²) in [4.78, 5) is 40.9. The van der Waals surface area contributed by atoms with E-state index in [1.807, 2.05) is 38.1 Å². The largest absolute Gasteiger partial charge is 0.444 e. The minimum atomic E-state index is -1.21. The molecule has 1 aromatic rings. The van der Waals surface area contributed by atoms with E-state index in [-0.39, 0.29) is 18.0 Å². The molecule has 0 heterocycles. The summed E-state index contributed by atoms with van der Waals surface area (Å²) in [5, 5.41) is 15.5. The van der Waals surface area contributed by atoms with Gasteiger partial charge in [-0.25, -0.2) is 4.79 Å². The van der Waals surface area contributed by atoms with Crippen molar-refractivity contribution >= 4 is 17.9 Å². The zero-order valence-electron chi connectivity index (χ0n) is 20.7. The third-order valence-corrected chi connectivity index (χ3v) is 5.49. The molecule has 8 nitrogen and oxygen atoms in total. The topological polar surface area (TPSA) is 108 Å². The second-order valence-electron chi connectivity index (χ2n) is 9.82. The van der Waals surface area contributed by atoms with Crippen molar-refractivity contribution in [2.75, 3.05) is 6.61 Å². The molecule has 0 saturated heterocycles. The fourth-order valence-electron chi connectivity index (χ4n) is 3.82. The van der Waals surface area contributed by atoms with E-state index in [0.29, 0.717) is 0 Å². The molecule has 0 spiro atoms. The first-order chi connectivity index (χ1) is 15.5. The van der Waals surface area contributed by atoms with Crippen LogP contribution in [0.2, 0.25) is 0 Å². The van der Waals surface area contributed by atoms with Crippen LogP contribution in [0.25, 0.3) is 0 Å². The second kappa shape index (κ2) is 11.5. The predicted molar refractivity (Wildman–Crippen MR) is 127 cm³/mol. The van der Waals surface area contributed by atoms with Gasteiger partial charge < -0.3 is 25.4 Å². The Morgan fingerprint density at radius 2 is 1.82 bits per heavy atom. The van der Waals surface area contributed by atoms with Crippen LogP contribution in [0.15, 0.2) is 24.3 Å². The first-order valence-corrected chi connectivity index (χ1v) is 11.8. The average Bonchev–Trinajstić information content (AvgIpc) is 3.54. The number of hydrogen-bond donors (Lipinski definition) is 3. The highest BCUT2D eigenvalue weighted by molar-refractivity contribution is 5.93. The van der Waals surface area contributed by atoms with E-state index in [4.69, 9.17) is 4.74 Å². The summed E-state index contributed by atoms with van der Waals surface area (Å²) < 4.78 is 5.26. The highest BCUT2D eigenvalue weighted by atomic mass is 16.6. The van der Waals surface area contributed by atoms with E-state index in [1.165, 1.54) is 4.90 Å². The highest BCUT2D eigenvalue weighted by Gasteiger charge is 2.44. The van der Waals surface area contributed by atoms with E-state index < -0.39 is 36.3 Å². The standard InChI is InChI=1S/C25H39N3O5/c1-7-10-17(3)26-22(30)21(19-12-9-8-11-16(19)2)28(18-13-14-18)23(31)20(15-29)27-24(32)33-25(4,5)6/h8-9,11-12,17-18,20-21,29H,7,10,13-15H2,1-6H3,(H,26,30)(H,27,32). The first kappa shape index (κ1) is 26.6. The number of aliphatic hydroxyl groups is 1. The Morgan fingerprint density at radius 3 is 2.33 bits per heavy atom. The SMILES string of the molecule is CCCC(C)NC(=O)C(c1ccccc1C)N(C(=O)C(CO)NC(=O)OC(C)(C)C)C1CC1. The lowest BCUT2D eigenvalue weighted by Crippen LogP contribution is -2.55. The van der Waals surface area contributed by atoms with Gasteiger partial charge in [-0.2, -0.15) is 0 Å². The molecule has 3 amide bonds. The smallest absolute Gasteiger partial charge is 0.408 e. The van der Waals surface area contributed by atoms with Crippen LogP contribution >= 0.6 is 0 Å². The van der Waals surface area contributed by atoms with Gasteiger partial charge in [-0.05, 0) is 65.0 Å². The fourth-order valence-corrected chi connectivity index (χ4v) is 3.82. The van der Waals surface area contributed by atoms with Crippen molar-refractivity contribution in [3.63, 3.8) is 0 Å². The van der Waals surface area contributed by atoms with Crippen molar-refractivity contribution in [3.05, 3.63) is 35.4 Å². The molecule has 3 atom stereocenters. The van der Waals surface area contributed by atoms with Gasteiger partial charge in [-0.3, -0.25) is 9.59 Å². The molecule has 0 bridgehead atoms. The maximum absolute atomic E-state index is 13.6. The molecule has 1 fully saturated rings. The lowest BCUT2D eigenvalue weighted by atomic mass is 9.97. The summed E-state index contributed by atoms with van der Waals surface area (Å²) in [7, 11) is 0. The van der Waals surface area contributed by atoms with Crippen LogP contribution < -0.4 is 10.6 Å².